The predicted octanol–water partition coefficient (Wildman–Crippen LogP) is 17.5. The molecule has 1 aromatic rings. The molecule has 0 spiro atoms. The lowest BCUT2D eigenvalue weighted by atomic mass is 9.78. The van der Waals surface area contributed by atoms with Crippen LogP contribution >= 0.6 is 7.60 Å². The van der Waals surface area contributed by atoms with Crippen molar-refractivity contribution in [2.24, 2.45) is 0 Å². The van der Waals surface area contributed by atoms with Gasteiger partial charge < -0.3 is 14.2 Å². The molecule has 0 saturated heterocycles. The van der Waals surface area contributed by atoms with Gasteiger partial charge in [-0.05, 0) is 40.4 Å². The second-order valence-electron chi connectivity index (χ2n) is 18.9. The van der Waals surface area contributed by atoms with E-state index in [-0.39, 0.29) is 17.0 Å². The molecule has 0 amide bonds. The van der Waals surface area contributed by atoms with E-state index in [4.69, 9.17) is 9.05 Å². The summed E-state index contributed by atoms with van der Waals surface area (Å²) in [7, 11) is -3.36. The molecule has 0 aliphatic carbocycles. The Balaban J connectivity index is 2.53. The van der Waals surface area contributed by atoms with Crippen molar-refractivity contribution < 1.29 is 18.7 Å². The first-order valence-corrected chi connectivity index (χ1v) is 25.3. The highest BCUT2D eigenvalue weighted by Gasteiger charge is 2.30. The first-order chi connectivity index (χ1) is 25.8. The molecule has 0 atom stereocenters. The highest BCUT2D eigenvalue weighted by molar-refractivity contribution is 7.53. The van der Waals surface area contributed by atoms with Crippen LogP contribution in [0.5, 0.6) is 5.75 Å². The molecule has 0 unspecified atom stereocenters. The summed E-state index contributed by atoms with van der Waals surface area (Å²) in [5.41, 5.74) is 2.22. The van der Waals surface area contributed by atoms with E-state index in [1.165, 1.54) is 167 Å². The Bertz CT molecular complexity index is 993. The van der Waals surface area contributed by atoms with Crippen molar-refractivity contribution >= 4 is 7.60 Å². The zero-order chi connectivity index (χ0) is 40.0. The molecule has 0 aliphatic rings. The Kier molecular flexibility index (Phi) is 29.6. The van der Waals surface area contributed by atoms with Crippen molar-refractivity contribution in [2.45, 2.75) is 265 Å². The van der Waals surface area contributed by atoms with E-state index >= 15 is 0 Å². The van der Waals surface area contributed by atoms with Crippen LogP contribution in [0.4, 0.5) is 0 Å². The van der Waals surface area contributed by atoms with Crippen LogP contribution in [-0.2, 0) is 30.6 Å². The van der Waals surface area contributed by atoms with E-state index in [0.29, 0.717) is 19.0 Å². The molecule has 1 N–H and O–H groups in total. The Hall–Kier alpha value is -0.830. The maximum atomic E-state index is 14.4. The zero-order valence-electron chi connectivity index (χ0n) is 37.6. The second-order valence-corrected chi connectivity index (χ2v) is 20.9. The molecule has 0 aromatic heterocycles. The van der Waals surface area contributed by atoms with E-state index in [9.17, 15) is 9.67 Å². The topological polar surface area (TPSA) is 55.8 Å². The van der Waals surface area contributed by atoms with Gasteiger partial charge in [-0.3, -0.25) is 4.57 Å². The summed E-state index contributed by atoms with van der Waals surface area (Å²) < 4.78 is 26.8. The molecule has 0 heterocycles. The smallest absolute Gasteiger partial charge is 0.335 e. The van der Waals surface area contributed by atoms with E-state index in [2.05, 4.69) is 55.4 Å². The van der Waals surface area contributed by atoms with Gasteiger partial charge in [-0.2, -0.15) is 0 Å². The molecule has 1 aromatic carbocycles. The number of rotatable bonds is 36. The summed E-state index contributed by atoms with van der Waals surface area (Å²) in [5, 5.41) is 11.3. The first-order valence-electron chi connectivity index (χ1n) is 23.6. The number of phenolic OH excluding ortho intramolecular Hbond substituents is 1. The zero-order valence-corrected chi connectivity index (χ0v) is 38.5. The third kappa shape index (κ3) is 26.2. The van der Waals surface area contributed by atoms with Crippen LogP contribution in [0.3, 0.4) is 0 Å². The molecule has 4 nitrogen and oxygen atoms in total. The van der Waals surface area contributed by atoms with Crippen LogP contribution < -0.4 is 0 Å². The third-order valence-corrected chi connectivity index (χ3v) is 13.1. The van der Waals surface area contributed by atoms with Crippen LogP contribution in [0.25, 0.3) is 0 Å². The minimum absolute atomic E-state index is 0.242. The van der Waals surface area contributed by atoms with Crippen molar-refractivity contribution in [3.63, 3.8) is 0 Å². The molecule has 0 fully saturated rings. The van der Waals surface area contributed by atoms with Crippen molar-refractivity contribution in [1.82, 2.24) is 0 Å². The van der Waals surface area contributed by atoms with E-state index < -0.39 is 7.60 Å². The van der Waals surface area contributed by atoms with Gasteiger partial charge in [0, 0.05) is 0 Å². The van der Waals surface area contributed by atoms with Gasteiger partial charge in [-0.25, -0.2) is 0 Å². The Morgan fingerprint density at radius 2 is 0.685 bits per heavy atom. The highest BCUT2D eigenvalue weighted by Crippen LogP contribution is 2.53. The third-order valence-electron chi connectivity index (χ3n) is 11.2. The lowest BCUT2D eigenvalue weighted by molar-refractivity contribution is 0.196. The maximum absolute atomic E-state index is 14.4. The molecular weight excluding hydrogens is 684 g/mol. The molecule has 54 heavy (non-hydrogen) atoms. The van der Waals surface area contributed by atoms with Gasteiger partial charge in [-0.15, -0.1) is 0 Å². The summed E-state index contributed by atoms with van der Waals surface area (Å²) in [6, 6.07) is 4.07. The van der Waals surface area contributed by atoms with Crippen LogP contribution in [0, 0.1) is 0 Å². The number of phenols is 1. The number of benzene rings is 1. The van der Waals surface area contributed by atoms with Gasteiger partial charge in [0.15, 0.2) is 0 Å². The molecular formula is C49H93O4P. The lowest BCUT2D eigenvalue weighted by Crippen LogP contribution is -2.18. The molecule has 0 radical (unpaired) electrons. The van der Waals surface area contributed by atoms with Crippen LogP contribution in [0.2, 0.25) is 0 Å². The Labute approximate surface area is 338 Å². The van der Waals surface area contributed by atoms with Crippen molar-refractivity contribution in [2.75, 3.05) is 13.2 Å². The molecule has 5 heteroatoms. The van der Waals surface area contributed by atoms with Gasteiger partial charge in [0.2, 0.25) is 0 Å². The quantitative estimate of drug-likeness (QED) is 0.0545. The Morgan fingerprint density at radius 1 is 0.444 bits per heavy atom. The molecule has 0 saturated carbocycles. The van der Waals surface area contributed by atoms with Gasteiger partial charge in [0.25, 0.3) is 0 Å². The fourth-order valence-electron chi connectivity index (χ4n) is 7.64. The number of unbranched alkanes of at least 4 members (excludes halogenated alkanes) is 28. The molecule has 0 bridgehead atoms. The minimum Gasteiger partial charge on any atom is -0.507 e. The second kappa shape index (κ2) is 31.2. The standard InChI is InChI=1S/C49H93O4P/c1-9-11-13-15-17-19-21-23-25-27-29-31-33-35-37-39-52-54(51,43-44-41-45(48(3,4)5)47(50)46(42-44)49(6,7)8)53-40-38-36-34-32-30-28-26-24-22-20-18-16-14-12-10-2/h41-42,50H,9-40,43H2,1-8H3. The average Bonchev–Trinajstić information content (AvgIpc) is 3.11. The molecule has 318 valence electrons. The summed E-state index contributed by atoms with van der Waals surface area (Å²) >= 11 is 0. The SMILES string of the molecule is CCCCCCCCCCCCCCCCCOP(=O)(Cc1cc(C(C)(C)C)c(O)c(C(C)(C)C)c1)OCCCCCCCCCCCCCCCCC. The molecule has 1 rings (SSSR count). The van der Waals surface area contributed by atoms with Gasteiger partial charge in [-0.1, -0.05) is 247 Å². The fraction of sp³-hybridized carbons (Fsp3) is 0.878. The van der Waals surface area contributed by atoms with E-state index in [0.717, 1.165) is 42.4 Å². The normalized spacial score (nSPS) is 12.6. The largest absolute Gasteiger partial charge is 0.507 e. The lowest BCUT2D eigenvalue weighted by Gasteiger charge is -2.29. The van der Waals surface area contributed by atoms with Crippen molar-refractivity contribution in [1.29, 1.82) is 0 Å². The van der Waals surface area contributed by atoms with Crippen LogP contribution in [0.15, 0.2) is 12.1 Å². The highest BCUT2D eigenvalue weighted by atomic mass is 31.2. The average molecular weight is 777 g/mol. The summed E-state index contributed by atoms with van der Waals surface area (Å²) in [6.45, 7) is 18.3. The summed E-state index contributed by atoms with van der Waals surface area (Å²) in [6.07, 6.45) is 39.8. The minimum atomic E-state index is -3.36. The first kappa shape index (κ1) is 51.2. The van der Waals surface area contributed by atoms with Crippen molar-refractivity contribution in [3.8, 4) is 5.75 Å². The Morgan fingerprint density at radius 3 is 0.926 bits per heavy atom. The molecule has 0 aliphatic heterocycles. The number of hydrogen-bond donors (Lipinski definition) is 1. The summed E-state index contributed by atoms with van der Waals surface area (Å²) in [4.78, 5) is 0. The maximum Gasteiger partial charge on any atom is 0.335 e. The number of aromatic hydroxyl groups is 1. The number of hydrogen-bond acceptors (Lipinski definition) is 4. The van der Waals surface area contributed by atoms with Crippen LogP contribution in [-0.4, -0.2) is 18.3 Å². The van der Waals surface area contributed by atoms with Gasteiger partial charge in [0.05, 0.1) is 19.4 Å². The fourth-order valence-corrected chi connectivity index (χ4v) is 9.34. The monoisotopic (exact) mass is 777 g/mol. The van der Waals surface area contributed by atoms with Crippen molar-refractivity contribution in [3.05, 3.63) is 28.8 Å². The van der Waals surface area contributed by atoms with Gasteiger partial charge in [0.1, 0.15) is 5.75 Å². The van der Waals surface area contributed by atoms with Gasteiger partial charge >= 0.3 is 7.60 Å². The van der Waals surface area contributed by atoms with E-state index in [1.54, 1.807) is 0 Å². The predicted molar refractivity (Wildman–Crippen MR) is 239 cm³/mol. The summed E-state index contributed by atoms with van der Waals surface area (Å²) in [5.74, 6) is 0.353. The van der Waals surface area contributed by atoms with E-state index in [1.807, 2.05) is 12.1 Å². The van der Waals surface area contributed by atoms with Crippen LogP contribution in [0.1, 0.15) is 265 Å².